The van der Waals surface area contributed by atoms with E-state index in [0.29, 0.717) is 52.6 Å². The maximum absolute atomic E-state index is 13.5. The molecule has 24 nitrogen and oxygen atoms in total. The molecule has 3 aliphatic heterocycles. The summed E-state index contributed by atoms with van der Waals surface area (Å²) < 4.78 is 39.0. The Labute approximate surface area is 621 Å². The highest BCUT2D eigenvalue weighted by Crippen LogP contribution is 2.40. The number of aliphatic hydroxyl groups is 3. The Morgan fingerprint density at radius 2 is 0.750 bits per heavy atom. The first kappa shape index (κ1) is 83.5. The highest BCUT2D eigenvalue weighted by Gasteiger charge is 2.50. The molecular weight excluding hydrogens is 1400 g/mol. The van der Waals surface area contributed by atoms with Crippen molar-refractivity contribution in [1.82, 2.24) is 60.6 Å². The highest BCUT2D eigenvalue weighted by atomic mass is 32.1. The summed E-state index contributed by atoms with van der Waals surface area (Å²) >= 11 is 3.27. The van der Waals surface area contributed by atoms with Crippen molar-refractivity contribution in [2.75, 3.05) is 42.1 Å². The third-order valence-corrected chi connectivity index (χ3v) is 21.4. The topological polar surface area (TPSA) is 322 Å². The van der Waals surface area contributed by atoms with Gasteiger partial charge in [-0.15, -0.1) is 34.0 Å². The van der Waals surface area contributed by atoms with Gasteiger partial charge in [0.2, 0.25) is 0 Å². The molecule has 0 radical (unpaired) electrons. The second kappa shape index (κ2) is 32.5. The fraction of sp³-hybridized carbons (Fsp3) is 0.595. The summed E-state index contributed by atoms with van der Waals surface area (Å²) in [4.78, 5) is 113. The third-order valence-electron chi connectivity index (χ3n) is 18.1. The molecule has 3 saturated heterocycles. The third kappa shape index (κ3) is 21.5. The van der Waals surface area contributed by atoms with E-state index >= 15 is 0 Å². The number of pyridine rings is 3. The molecule has 9 N–H and O–H groups in total. The molecule has 6 amide bonds. The molecule has 6 aromatic rings. The number of hydrogen-bond donors (Lipinski definition) is 9. The van der Waals surface area contributed by atoms with Crippen LogP contribution in [0.25, 0.3) is 31.3 Å². The molecule has 104 heavy (non-hydrogen) atoms. The van der Waals surface area contributed by atoms with E-state index in [9.17, 15) is 57.3 Å². The van der Waals surface area contributed by atoms with E-state index in [0.717, 1.165) is 89.3 Å². The van der Waals surface area contributed by atoms with Gasteiger partial charge in [-0.1, -0.05) is 0 Å². The SMILES string of the molecule is Cc1cc(NC(C)(C)C)ncc1-c1sc(C(=O)NCC(C)(O)C(F)(F)F)nc1C(=O)N1CCC[C@@H]1C.Cc1cc(NC(C)(C)C)ncc1-c1sc(C(=O)N[C@@H](C)C(C)(C)O)nc1C(=O)N1CCC[C@@H]1C.Cc1cc(NC(C)(C)C)ncc1-c1sc(C(=O)N[C@H](C)C(C)(C)O)nc1C(=O)N1CCC[C@@H]1C. The quantitative estimate of drug-likeness (QED) is 0.0386. The van der Waals surface area contributed by atoms with E-state index in [-0.39, 0.29) is 84.6 Å². The fourth-order valence-electron chi connectivity index (χ4n) is 11.4. The Morgan fingerprint density at radius 1 is 0.481 bits per heavy atom. The summed E-state index contributed by atoms with van der Waals surface area (Å²) in [6.45, 7) is 41.6. The maximum Gasteiger partial charge on any atom is 0.418 e. The number of halogens is 3. The standard InChI is InChI=1S/2C25H37N5O3S.C24H32F3N5O3S/c2*1-14-12-18(29-24(4,5)6)26-13-17(14)20-19(23(32)30-11-9-10-15(30)2)28-22(34-20)21(31)27-16(3)25(7,8)33;1-13-10-16(31-22(3,4)5)28-11-15(13)18-17(21(34)32-9-7-8-14(32)2)30-20(36-18)19(33)29-12-23(6,35)24(25,26)27/h2*12-13,15-16,33H,9-11H2,1-8H3,(H,26,29)(H,27,31);10-11,14,35H,7-9,12H2,1-6H3,(H,28,31)(H,29,33)/t15-,16+;15-,16-;14-,23?/m000/s1. The number of amides is 6. The van der Waals surface area contributed by atoms with E-state index in [1.54, 1.807) is 65.0 Å². The summed E-state index contributed by atoms with van der Waals surface area (Å²) in [5.41, 5.74) is -0.345. The van der Waals surface area contributed by atoms with Gasteiger partial charge in [0.15, 0.2) is 20.6 Å². The van der Waals surface area contributed by atoms with Gasteiger partial charge in [-0.2, -0.15) is 13.2 Å². The number of likely N-dealkylation sites (tertiary alicyclic amines) is 3. The minimum Gasteiger partial charge on any atom is -0.388 e. The lowest BCUT2D eigenvalue weighted by molar-refractivity contribution is -0.249. The van der Waals surface area contributed by atoms with Crippen LogP contribution in [0.3, 0.4) is 0 Å². The van der Waals surface area contributed by atoms with Crippen molar-refractivity contribution < 1.29 is 57.3 Å². The van der Waals surface area contributed by atoms with Gasteiger partial charge in [0.05, 0.1) is 44.5 Å². The molecule has 3 fully saturated rings. The summed E-state index contributed by atoms with van der Waals surface area (Å²) in [6, 6.07) is 5.01. The molecule has 1 unspecified atom stereocenters. The average Bonchev–Trinajstić information content (AvgIpc) is 1.63. The number of thiazole rings is 3. The zero-order valence-electron chi connectivity index (χ0n) is 64.1. The molecule has 6 atom stereocenters. The lowest BCUT2D eigenvalue weighted by Gasteiger charge is -2.26. The number of alkyl halides is 3. The van der Waals surface area contributed by atoms with E-state index in [2.05, 4.69) is 103 Å². The van der Waals surface area contributed by atoms with Gasteiger partial charge in [-0.3, -0.25) is 28.8 Å². The molecule has 6 aromatic heterocycles. The van der Waals surface area contributed by atoms with Crippen LogP contribution in [0.4, 0.5) is 30.6 Å². The first-order valence-corrected chi connectivity index (χ1v) is 37.6. The normalized spacial score (nSPS) is 17.8. The van der Waals surface area contributed by atoms with Crippen LogP contribution in [-0.2, 0) is 0 Å². The molecule has 570 valence electrons. The van der Waals surface area contributed by atoms with Crippen molar-refractivity contribution in [3.63, 3.8) is 0 Å². The summed E-state index contributed by atoms with van der Waals surface area (Å²) in [5.74, 6) is -0.268. The van der Waals surface area contributed by atoms with Gasteiger partial charge in [0, 0.05) is 89.7 Å². The number of anilines is 3. The number of nitrogens with one attached hydrogen (secondary N) is 6. The van der Waals surface area contributed by atoms with E-state index in [1.165, 1.54) is 22.7 Å². The van der Waals surface area contributed by atoms with Crippen molar-refractivity contribution in [2.45, 2.75) is 261 Å². The van der Waals surface area contributed by atoms with Crippen LogP contribution in [0, 0.1) is 20.8 Å². The van der Waals surface area contributed by atoms with Crippen LogP contribution in [-0.4, -0.2) is 191 Å². The number of aromatic nitrogens is 6. The van der Waals surface area contributed by atoms with Gasteiger partial charge in [0.25, 0.3) is 35.4 Å². The molecular formula is C74H106F3N15O9S3. The van der Waals surface area contributed by atoms with Crippen molar-refractivity contribution >= 4 is 86.9 Å². The monoisotopic (exact) mass is 1500 g/mol. The van der Waals surface area contributed by atoms with Crippen LogP contribution in [0.5, 0.6) is 0 Å². The summed E-state index contributed by atoms with van der Waals surface area (Å²) in [5, 5.41) is 48.0. The second-order valence-electron chi connectivity index (χ2n) is 32.0. The van der Waals surface area contributed by atoms with Crippen LogP contribution < -0.4 is 31.9 Å². The van der Waals surface area contributed by atoms with Crippen LogP contribution in [0.2, 0.25) is 0 Å². The molecule has 9 heterocycles. The molecule has 0 spiro atoms. The van der Waals surface area contributed by atoms with Gasteiger partial charge in [-0.25, -0.2) is 29.9 Å². The van der Waals surface area contributed by atoms with E-state index in [4.69, 9.17) is 0 Å². The van der Waals surface area contributed by atoms with Crippen LogP contribution >= 0.6 is 34.0 Å². The molecule has 9 rings (SSSR count). The largest absolute Gasteiger partial charge is 0.418 e. The maximum atomic E-state index is 13.5. The molecule has 0 saturated carbocycles. The number of rotatable bonds is 18. The Morgan fingerprint density at radius 3 is 0.971 bits per heavy atom. The highest BCUT2D eigenvalue weighted by molar-refractivity contribution is 7.18. The smallest absolute Gasteiger partial charge is 0.388 e. The molecule has 30 heteroatoms. The lowest BCUT2D eigenvalue weighted by Crippen LogP contribution is -2.51. The number of aryl methyl sites for hydroxylation is 3. The van der Waals surface area contributed by atoms with Crippen molar-refractivity contribution in [1.29, 1.82) is 0 Å². The van der Waals surface area contributed by atoms with E-state index < -0.39 is 59.3 Å². The molecule has 0 bridgehead atoms. The van der Waals surface area contributed by atoms with Crippen LogP contribution in [0.15, 0.2) is 36.8 Å². The first-order valence-electron chi connectivity index (χ1n) is 35.2. The second-order valence-corrected chi connectivity index (χ2v) is 35.0. The number of carbonyl (C=O) groups is 6. The van der Waals surface area contributed by atoms with Gasteiger partial charge >= 0.3 is 6.18 Å². The minimum atomic E-state index is -4.92. The van der Waals surface area contributed by atoms with Crippen molar-refractivity contribution in [3.05, 3.63) is 85.6 Å². The van der Waals surface area contributed by atoms with Gasteiger partial charge < -0.3 is 61.9 Å². The fourth-order valence-corrected chi connectivity index (χ4v) is 14.5. The molecule has 0 aromatic carbocycles. The number of hydrogen-bond acceptors (Lipinski definition) is 21. The average molecular weight is 1500 g/mol. The number of carbonyl (C=O) groups excluding carboxylic acids is 6. The van der Waals surface area contributed by atoms with Gasteiger partial charge in [0.1, 0.15) is 34.5 Å². The predicted octanol–water partition coefficient (Wildman–Crippen LogP) is 12.9. The van der Waals surface area contributed by atoms with Gasteiger partial charge in [-0.05, 0) is 226 Å². The first-order chi connectivity index (χ1) is 47.8. The van der Waals surface area contributed by atoms with E-state index in [1.807, 2.05) is 90.3 Å². The van der Waals surface area contributed by atoms with Crippen molar-refractivity contribution in [2.24, 2.45) is 0 Å². The summed E-state index contributed by atoms with van der Waals surface area (Å²) in [6.07, 6.45) is 5.66. The molecule has 0 aliphatic carbocycles. The Kier molecular flexibility index (Phi) is 26.1. The Balaban J connectivity index is 0.000000218. The lowest BCUT2D eigenvalue weighted by atomic mass is 10.0. The minimum absolute atomic E-state index is 0.00351. The zero-order chi connectivity index (χ0) is 77.9. The molecule has 3 aliphatic rings. The predicted molar refractivity (Wildman–Crippen MR) is 405 cm³/mol. The van der Waals surface area contributed by atoms with Crippen molar-refractivity contribution in [3.8, 4) is 31.3 Å². The summed E-state index contributed by atoms with van der Waals surface area (Å²) in [7, 11) is 0. The Hall–Kier alpha value is -7.77. The van der Waals surface area contributed by atoms with Crippen LogP contribution in [0.1, 0.15) is 248 Å². The zero-order valence-corrected chi connectivity index (χ0v) is 66.5. The Bertz CT molecular complexity index is 3930. The number of nitrogens with zero attached hydrogens (tertiary/aromatic N) is 9.